The molecular formula is C17H28N2O. The SMILES string of the molecule is Cc1cc(C)c(CNC(C)C(=O)NC(C)(C)C)cc1C. The van der Waals surface area contributed by atoms with Crippen LogP contribution in [0.1, 0.15) is 49.9 Å². The van der Waals surface area contributed by atoms with Crippen LogP contribution in [-0.4, -0.2) is 17.5 Å². The van der Waals surface area contributed by atoms with Gasteiger partial charge in [-0.3, -0.25) is 4.79 Å². The number of nitrogens with one attached hydrogen (secondary N) is 2. The molecule has 0 spiro atoms. The quantitative estimate of drug-likeness (QED) is 0.887. The van der Waals surface area contributed by atoms with Gasteiger partial charge in [-0.1, -0.05) is 12.1 Å². The number of hydrogen-bond acceptors (Lipinski definition) is 2. The molecule has 1 unspecified atom stereocenters. The highest BCUT2D eigenvalue weighted by molar-refractivity contribution is 5.81. The highest BCUT2D eigenvalue weighted by Gasteiger charge is 2.18. The molecule has 0 aromatic heterocycles. The molecule has 3 nitrogen and oxygen atoms in total. The van der Waals surface area contributed by atoms with E-state index in [1.54, 1.807) is 0 Å². The molecule has 0 bridgehead atoms. The molecule has 1 amide bonds. The fourth-order valence-electron chi connectivity index (χ4n) is 2.04. The average Bonchev–Trinajstić information content (AvgIpc) is 2.29. The molecule has 0 aliphatic rings. The summed E-state index contributed by atoms with van der Waals surface area (Å²) >= 11 is 0. The van der Waals surface area contributed by atoms with Crippen molar-refractivity contribution in [3.63, 3.8) is 0 Å². The highest BCUT2D eigenvalue weighted by Crippen LogP contribution is 2.15. The Balaban J connectivity index is 2.63. The summed E-state index contributed by atoms with van der Waals surface area (Å²) in [4.78, 5) is 12.0. The molecule has 1 aromatic carbocycles. The first-order valence-electron chi connectivity index (χ1n) is 7.22. The minimum absolute atomic E-state index is 0.0407. The Morgan fingerprint density at radius 3 is 2.20 bits per heavy atom. The molecule has 20 heavy (non-hydrogen) atoms. The number of aryl methyl sites for hydroxylation is 3. The number of rotatable bonds is 4. The molecule has 0 radical (unpaired) electrons. The van der Waals surface area contributed by atoms with Crippen LogP contribution in [0.15, 0.2) is 12.1 Å². The minimum Gasteiger partial charge on any atom is -0.350 e. The Kier molecular flexibility index (Phi) is 5.35. The molecule has 2 N–H and O–H groups in total. The average molecular weight is 276 g/mol. The van der Waals surface area contributed by atoms with Crippen LogP contribution in [0, 0.1) is 20.8 Å². The van der Waals surface area contributed by atoms with E-state index < -0.39 is 0 Å². The van der Waals surface area contributed by atoms with E-state index in [0.717, 1.165) is 0 Å². The van der Waals surface area contributed by atoms with Crippen molar-refractivity contribution < 1.29 is 4.79 Å². The Morgan fingerprint density at radius 2 is 1.65 bits per heavy atom. The van der Waals surface area contributed by atoms with Crippen LogP contribution in [0.25, 0.3) is 0 Å². The van der Waals surface area contributed by atoms with Gasteiger partial charge in [0.1, 0.15) is 0 Å². The van der Waals surface area contributed by atoms with E-state index >= 15 is 0 Å². The predicted molar refractivity (Wildman–Crippen MR) is 84.9 cm³/mol. The van der Waals surface area contributed by atoms with E-state index in [4.69, 9.17) is 0 Å². The minimum atomic E-state index is -0.199. The zero-order valence-corrected chi connectivity index (χ0v) is 13.8. The van der Waals surface area contributed by atoms with Crippen LogP contribution >= 0.6 is 0 Å². The van der Waals surface area contributed by atoms with E-state index in [9.17, 15) is 4.79 Å². The third kappa shape index (κ3) is 4.97. The fourth-order valence-corrected chi connectivity index (χ4v) is 2.04. The van der Waals surface area contributed by atoms with Gasteiger partial charge in [-0.2, -0.15) is 0 Å². The lowest BCUT2D eigenvalue weighted by Gasteiger charge is -2.24. The molecule has 0 aliphatic carbocycles. The first-order chi connectivity index (χ1) is 9.10. The maximum absolute atomic E-state index is 12.0. The van der Waals surface area contributed by atoms with Crippen LogP contribution in [0.5, 0.6) is 0 Å². The third-order valence-electron chi connectivity index (χ3n) is 3.44. The molecular weight excluding hydrogens is 248 g/mol. The summed E-state index contributed by atoms with van der Waals surface area (Å²) in [7, 11) is 0. The zero-order valence-electron chi connectivity index (χ0n) is 13.8. The Bertz CT molecular complexity index is 486. The summed E-state index contributed by atoms with van der Waals surface area (Å²) in [6.07, 6.45) is 0. The summed E-state index contributed by atoms with van der Waals surface area (Å²) in [6.45, 7) is 14.9. The number of amides is 1. The second kappa shape index (κ2) is 6.40. The molecule has 3 heteroatoms. The number of benzene rings is 1. The molecule has 0 saturated heterocycles. The first kappa shape index (κ1) is 16.7. The van der Waals surface area contributed by atoms with Crippen molar-refractivity contribution in [3.8, 4) is 0 Å². The Morgan fingerprint density at radius 1 is 1.10 bits per heavy atom. The molecule has 0 saturated carbocycles. The standard InChI is InChI=1S/C17H28N2O/c1-11-8-13(3)15(9-12(11)2)10-18-14(4)16(20)19-17(5,6)7/h8-9,14,18H,10H2,1-7H3,(H,19,20). The van der Waals surface area contributed by atoms with Gasteiger partial charge in [-0.15, -0.1) is 0 Å². The van der Waals surface area contributed by atoms with Gasteiger partial charge in [0.15, 0.2) is 0 Å². The number of hydrogen-bond donors (Lipinski definition) is 2. The van der Waals surface area contributed by atoms with Crippen LogP contribution in [0.4, 0.5) is 0 Å². The predicted octanol–water partition coefficient (Wildman–Crippen LogP) is 3.00. The van der Waals surface area contributed by atoms with Gasteiger partial charge < -0.3 is 10.6 Å². The highest BCUT2D eigenvalue weighted by atomic mass is 16.2. The van der Waals surface area contributed by atoms with Crippen LogP contribution in [-0.2, 0) is 11.3 Å². The number of carbonyl (C=O) groups excluding carboxylic acids is 1. The van der Waals surface area contributed by atoms with E-state index in [0.29, 0.717) is 6.54 Å². The fraction of sp³-hybridized carbons (Fsp3) is 0.588. The summed E-state index contributed by atoms with van der Waals surface area (Å²) in [5.74, 6) is 0.0407. The molecule has 0 fully saturated rings. The molecule has 1 rings (SSSR count). The zero-order chi connectivity index (χ0) is 15.5. The topological polar surface area (TPSA) is 41.1 Å². The van der Waals surface area contributed by atoms with Gasteiger partial charge in [0.25, 0.3) is 0 Å². The summed E-state index contributed by atoms with van der Waals surface area (Å²) in [5.41, 5.74) is 4.93. The maximum atomic E-state index is 12.0. The van der Waals surface area contributed by atoms with Crippen molar-refractivity contribution in [3.05, 3.63) is 34.4 Å². The van der Waals surface area contributed by atoms with Gasteiger partial charge in [0.2, 0.25) is 5.91 Å². The molecule has 0 aliphatic heterocycles. The van der Waals surface area contributed by atoms with Gasteiger partial charge in [-0.25, -0.2) is 0 Å². The van der Waals surface area contributed by atoms with Crippen molar-refractivity contribution in [1.82, 2.24) is 10.6 Å². The van der Waals surface area contributed by atoms with Gasteiger partial charge >= 0.3 is 0 Å². The van der Waals surface area contributed by atoms with E-state index in [2.05, 4.69) is 43.5 Å². The second-order valence-corrected chi connectivity index (χ2v) is 6.70. The number of carbonyl (C=O) groups is 1. The van der Waals surface area contributed by atoms with Gasteiger partial charge in [0.05, 0.1) is 6.04 Å². The molecule has 1 atom stereocenters. The summed E-state index contributed by atoms with van der Waals surface area (Å²) in [6, 6.07) is 4.20. The van der Waals surface area contributed by atoms with Gasteiger partial charge in [0, 0.05) is 12.1 Å². The lowest BCUT2D eigenvalue weighted by Crippen LogP contribution is -2.49. The monoisotopic (exact) mass is 276 g/mol. The second-order valence-electron chi connectivity index (χ2n) is 6.70. The normalized spacial score (nSPS) is 13.2. The van der Waals surface area contributed by atoms with Crippen molar-refractivity contribution in [2.45, 2.75) is 66.6 Å². The summed E-state index contributed by atoms with van der Waals surface area (Å²) < 4.78 is 0. The first-order valence-corrected chi connectivity index (χ1v) is 7.22. The lowest BCUT2D eigenvalue weighted by molar-refractivity contribution is -0.124. The Labute approximate surface area is 123 Å². The summed E-state index contributed by atoms with van der Waals surface area (Å²) in [5, 5.41) is 6.29. The van der Waals surface area contributed by atoms with Crippen molar-refractivity contribution in [2.24, 2.45) is 0 Å². The van der Waals surface area contributed by atoms with Crippen molar-refractivity contribution in [2.75, 3.05) is 0 Å². The lowest BCUT2D eigenvalue weighted by atomic mass is 10.0. The smallest absolute Gasteiger partial charge is 0.237 e. The van der Waals surface area contributed by atoms with Gasteiger partial charge in [-0.05, 0) is 70.7 Å². The third-order valence-corrected chi connectivity index (χ3v) is 3.44. The van der Waals surface area contributed by atoms with E-state index in [1.165, 1.54) is 22.3 Å². The van der Waals surface area contributed by atoms with E-state index in [1.807, 2.05) is 27.7 Å². The van der Waals surface area contributed by atoms with Crippen molar-refractivity contribution in [1.29, 1.82) is 0 Å². The van der Waals surface area contributed by atoms with Crippen LogP contribution in [0.2, 0.25) is 0 Å². The van der Waals surface area contributed by atoms with E-state index in [-0.39, 0.29) is 17.5 Å². The van der Waals surface area contributed by atoms with Crippen LogP contribution < -0.4 is 10.6 Å². The molecule has 1 aromatic rings. The van der Waals surface area contributed by atoms with Crippen LogP contribution in [0.3, 0.4) is 0 Å². The molecule has 112 valence electrons. The molecule has 0 heterocycles. The maximum Gasteiger partial charge on any atom is 0.237 e. The Hall–Kier alpha value is -1.35. The van der Waals surface area contributed by atoms with Crippen molar-refractivity contribution >= 4 is 5.91 Å². The largest absolute Gasteiger partial charge is 0.350 e.